The monoisotopic (exact) mass is 266 g/mol. The number of esters is 1. The minimum atomic E-state index is -0.616. The van der Waals surface area contributed by atoms with Crippen molar-refractivity contribution in [3.8, 4) is 0 Å². The van der Waals surface area contributed by atoms with Gasteiger partial charge in [-0.1, -0.05) is 23.9 Å². The zero-order chi connectivity index (χ0) is 13.7. The van der Waals surface area contributed by atoms with Crippen LogP contribution in [0.5, 0.6) is 0 Å². The average molecular weight is 266 g/mol. The van der Waals surface area contributed by atoms with Crippen LogP contribution in [0.3, 0.4) is 0 Å². The number of methoxy groups -OCH3 is 1. The van der Waals surface area contributed by atoms with Crippen LogP contribution in [0.2, 0.25) is 0 Å². The molecule has 0 saturated heterocycles. The lowest BCUT2D eigenvalue weighted by Gasteiger charge is -2.08. The van der Waals surface area contributed by atoms with Crippen LogP contribution in [0.4, 0.5) is 0 Å². The zero-order valence-corrected chi connectivity index (χ0v) is 11.2. The van der Waals surface area contributed by atoms with Gasteiger partial charge in [0.2, 0.25) is 0 Å². The highest BCUT2D eigenvalue weighted by Gasteiger charge is 2.14. The Balaban J connectivity index is 3.06. The number of thioether (sulfide) groups is 1. The SMILES string of the molecule is COC(=O)/C(=C/O)Sc1cc(C(C)=O)ccc1C. The first-order chi connectivity index (χ1) is 8.49. The third kappa shape index (κ3) is 3.37. The molecule has 0 aliphatic heterocycles. The van der Waals surface area contributed by atoms with Crippen molar-refractivity contribution in [2.45, 2.75) is 18.7 Å². The Morgan fingerprint density at radius 2 is 2.06 bits per heavy atom. The first-order valence-corrected chi connectivity index (χ1v) is 6.03. The summed E-state index contributed by atoms with van der Waals surface area (Å²) in [7, 11) is 1.24. The van der Waals surface area contributed by atoms with Crippen molar-refractivity contribution in [1.82, 2.24) is 0 Å². The van der Waals surface area contributed by atoms with Gasteiger partial charge in [0.05, 0.1) is 7.11 Å². The maximum Gasteiger partial charge on any atom is 0.347 e. The molecule has 1 aromatic rings. The summed E-state index contributed by atoms with van der Waals surface area (Å²) in [4.78, 5) is 23.4. The summed E-state index contributed by atoms with van der Waals surface area (Å²) in [5.41, 5.74) is 1.47. The van der Waals surface area contributed by atoms with Gasteiger partial charge in [-0.3, -0.25) is 4.79 Å². The van der Waals surface area contributed by atoms with E-state index < -0.39 is 5.97 Å². The minimum Gasteiger partial charge on any atom is -0.514 e. The van der Waals surface area contributed by atoms with E-state index in [1.807, 2.05) is 6.92 Å². The van der Waals surface area contributed by atoms with Crippen LogP contribution in [0.1, 0.15) is 22.8 Å². The second-order valence-corrected chi connectivity index (χ2v) is 4.71. The second-order valence-electron chi connectivity index (χ2n) is 3.62. The number of aliphatic hydroxyl groups excluding tert-OH is 1. The molecular weight excluding hydrogens is 252 g/mol. The van der Waals surface area contributed by atoms with Gasteiger partial charge in [-0.05, 0) is 25.5 Å². The molecule has 0 aliphatic carbocycles. The number of Topliss-reactive ketones (excluding diaryl/α,β-unsaturated/α-hetero) is 1. The smallest absolute Gasteiger partial charge is 0.347 e. The largest absolute Gasteiger partial charge is 0.514 e. The zero-order valence-electron chi connectivity index (χ0n) is 10.4. The van der Waals surface area contributed by atoms with Gasteiger partial charge >= 0.3 is 5.97 Å². The molecule has 4 nitrogen and oxygen atoms in total. The minimum absolute atomic E-state index is 0.0514. The van der Waals surface area contributed by atoms with Gasteiger partial charge in [-0.2, -0.15) is 0 Å². The Labute approximate surface area is 110 Å². The number of ether oxygens (including phenoxy) is 1. The molecule has 1 aromatic carbocycles. The number of ketones is 1. The van der Waals surface area contributed by atoms with E-state index in [9.17, 15) is 9.59 Å². The van der Waals surface area contributed by atoms with E-state index in [0.717, 1.165) is 22.2 Å². The van der Waals surface area contributed by atoms with Crippen molar-refractivity contribution >= 4 is 23.5 Å². The molecule has 1 rings (SSSR count). The van der Waals surface area contributed by atoms with Crippen molar-refractivity contribution in [2.24, 2.45) is 0 Å². The van der Waals surface area contributed by atoms with Crippen molar-refractivity contribution in [3.63, 3.8) is 0 Å². The van der Waals surface area contributed by atoms with Crippen molar-refractivity contribution < 1.29 is 19.4 Å². The molecule has 0 heterocycles. The fourth-order valence-corrected chi connectivity index (χ4v) is 2.14. The van der Waals surface area contributed by atoms with E-state index in [4.69, 9.17) is 5.11 Å². The van der Waals surface area contributed by atoms with Crippen molar-refractivity contribution in [2.75, 3.05) is 7.11 Å². The second kappa shape index (κ2) is 6.26. The van der Waals surface area contributed by atoms with Crippen LogP contribution < -0.4 is 0 Å². The number of aliphatic hydroxyl groups is 1. The molecule has 0 bridgehead atoms. The first-order valence-electron chi connectivity index (χ1n) is 5.21. The van der Waals surface area contributed by atoms with Gasteiger partial charge in [0.1, 0.15) is 11.2 Å². The molecule has 0 unspecified atom stereocenters. The number of benzene rings is 1. The van der Waals surface area contributed by atoms with Crippen molar-refractivity contribution in [1.29, 1.82) is 0 Å². The Hall–Kier alpha value is -1.75. The molecule has 0 radical (unpaired) electrons. The Morgan fingerprint density at radius 1 is 1.39 bits per heavy atom. The molecule has 96 valence electrons. The Bertz CT molecular complexity index is 506. The summed E-state index contributed by atoms with van der Waals surface area (Å²) in [6.07, 6.45) is 0.705. The van der Waals surface area contributed by atoms with E-state index in [1.54, 1.807) is 18.2 Å². The van der Waals surface area contributed by atoms with E-state index in [-0.39, 0.29) is 10.7 Å². The van der Waals surface area contributed by atoms with Gasteiger partial charge in [0, 0.05) is 10.5 Å². The van der Waals surface area contributed by atoms with Crippen molar-refractivity contribution in [3.05, 3.63) is 40.5 Å². The predicted octanol–water partition coefficient (Wildman–Crippen LogP) is 2.86. The van der Waals surface area contributed by atoms with Crippen LogP contribution in [-0.2, 0) is 9.53 Å². The van der Waals surface area contributed by atoms with Crippen LogP contribution in [0.15, 0.2) is 34.3 Å². The summed E-state index contributed by atoms with van der Waals surface area (Å²) in [6, 6.07) is 5.21. The van der Waals surface area contributed by atoms with Crippen LogP contribution in [0, 0.1) is 6.92 Å². The maximum atomic E-state index is 11.3. The molecule has 1 N–H and O–H groups in total. The highest BCUT2D eigenvalue weighted by Crippen LogP contribution is 2.30. The molecule has 18 heavy (non-hydrogen) atoms. The molecule has 0 atom stereocenters. The molecule has 5 heteroatoms. The number of aryl methyl sites for hydroxylation is 1. The number of rotatable bonds is 4. The number of carbonyl (C=O) groups excluding carboxylic acids is 2. The molecule has 0 saturated carbocycles. The first kappa shape index (κ1) is 14.3. The third-order valence-corrected chi connectivity index (χ3v) is 3.47. The summed E-state index contributed by atoms with van der Waals surface area (Å²) in [5.74, 6) is -0.667. The van der Waals surface area contributed by atoms with E-state index in [0.29, 0.717) is 11.8 Å². The third-order valence-electron chi connectivity index (χ3n) is 2.32. The quantitative estimate of drug-likeness (QED) is 0.298. The summed E-state index contributed by atoms with van der Waals surface area (Å²) in [6.45, 7) is 3.33. The molecule has 0 fully saturated rings. The van der Waals surface area contributed by atoms with Gasteiger partial charge in [0.15, 0.2) is 5.78 Å². The average Bonchev–Trinajstić information content (AvgIpc) is 2.36. The van der Waals surface area contributed by atoms with Gasteiger partial charge in [-0.25, -0.2) is 4.79 Å². The normalized spacial score (nSPS) is 11.2. The fourth-order valence-electron chi connectivity index (χ4n) is 1.27. The topological polar surface area (TPSA) is 63.6 Å². The fraction of sp³-hybridized carbons (Fsp3) is 0.231. The maximum absolute atomic E-state index is 11.3. The van der Waals surface area contributed by atoms with Gasteiger partial charge in [0.25, 0.3) is 0 Å². The van der Waals surface area contributed by atoms with E-state index in [1.165, 1.54) is 14.0 Å². The highest BCUT2D eigenvalue weighted by molar-refractivity contribution is 8.04. The Kier molecular flexibility index (Phi) is 4.97. The van der Waals surface area contributed by atoms with Crippen LogP contribution in [0.25, 0.3) is 0 Å². The lowest BCUT2D eigenvalue weighted by molar-refractivity contribution is -0.135. The van der Waals surface area contributed by atoms with Gasteiger partial charge in [-0.15, -0.1) is 0 Å². The van der Waals surface area contributed by atoms with E-state index >= 15 is 0 Å². The lowest BCUT2D eigenvalue weighted by Crippen LogP contribution is -2.02. The highest BCUT2D eigenvalue weighted by atomic mass is 32.2. The molecule has 0 aromatic heterocycles. The summed E-state index contributed by atoms with van der Waals surface area (Å²) >= 11 is 1.06. The lowest BCUT2D eigenvalue weighted by atomic mass is 10.1. The molecule has 0 spiro atoms. The standard InChI is InChI=1S/C13H14O4S/c1-8-4-5-10(9(2)15)6-11(8)18-12(7-14)13(16)17-3/h4-7,14H,1-3H3/b12-7-. The number of hydrogen-bond acceptors (Lipinski definition) is 5. The van der Waals surface area contributed by atoms with Crippen LogP contribution in [-0.4, -0.2) is 24.0 Å². The predicted molar refractivity (Wildman–Crippen MR) is 69.8 cm³/mol. The summed E-state index contributed by atoms with van der Waals surface area (Å²) in [5, 5.41) is 9.01. The van der Waals surface area contributed by atoms with Gasteiger partial charge < -0.3 is 9.84 Å². The molecule has 0 aliphatic rings. The molecular formula is C13H14O4S. The Morgan fingerprint density at radius 3 is 2.56 bits per heavy atom. The summed E-state index contributed by atoms with van der Waals surface area (Å²) < 4.78 is 4.54. The van der Waals surface area contributed by atoms with E-state index in [2.05, 4.69) is 4.74 Å². The number of carbonyl (C=O) groups is 2. The number of hydrogen-bond donors (Lipinski definition) is 1. The van der Waals surface area contributed by atoms with Crippen LogP contribution >= 0.6 is 11.8 Å². The molecule has 0 amide bonds.